The Labute approximate surface area is 230 Å². The van der Waals surface area contributed by atoms with Crippen LogP contribution in [0.3, 0.4) is 0 Å². The summed E-state index contributed by atoms with van der Waals surface area (Å²) in [4.78, 5) is 43.8. The zero-order chi connectivity index (χ0) is 27.9. The first-order valence-electron chi connectivity index (χ1n) is 12.4. The predicted molar refractivity (Wildman–Crippen MR) is 151 cm³/mol. The first kappa shape index (κ1) is 26.9. The van der Waals surface area contributed by atoms with E-state index in [1.54, 1.807) is 32.4 Å². The maximum Gasteiger partial charge on any atom is 0.263 e. The Hall–Kier alpha value is -3.68. The molecule has 0 atom stereocenters. The Morgan fingerprint density at radius 3 is 2.44 bits per heavy atom. The second kappa shape index (κ2) is 10.5. The van der Waals surface area contributed by atoms with Crippen LogP contribution in [-0.4, -0.2) is 71.4 Å². The predicted octanol–water partition coefficient (Wildman–Crippen LogP) is 2.35. The summed E-state index contributed by atoms with van der Waals surface area (Å²) >= 11 is 1.16. The standard InChI is InChI=1S/C26H29N7O4S2/c1-17-6-7-18(2)20(14-17)30(4)21(34)15-32-16-29-24-22(25(32)35)23(19(3)38-24)39(36,37)33-12-10-31(11-13-33)26-27-8-5-9-28-26/h5-9,14,16H,10-13,15H2,1-4H3. The number of nitrogens with zero attached hydrogens (tertiary/aromatic N) is 7. The number of carbonyl (C=O) groups is 1. The highest BCUT2D eigenvalue weighted by atomic mass is 32.2. The maximum absolute atomic E-state index is 13.8. The average Bonchev–Trinajstić information content (AvgIpc) is 3.29. The van der Waals surface area contributed by atoms with Crippen LogP contribution in [0.15, 0.2) is 52.7 Å². The molecule has 1 saturated heterocycles. The number of benzene rings is 1. The molecule has 0 spiro atoms. The van der Waals surface area contributed by atoms with Crippen LogP contribution >= 0.6 is 11.3 Å². The Kier molecular flexibility index (Phi) is 7.23. The summed E-state index contributed by atoms with van der Waals surface area (Å²) in [5.41, 5.74) is 2.13. The summed E-state index contributed by atoms with van der Waals surface area (Å²) in [5, 5.41) is 0.0241. The van der Waals surface area contributed by atoms with Crippen LogP contribution in [0.25, 0.3) is 10.2 Å². The second-order valence-electron chi connectivity index (χ2n) is 9.53. The van der Waals surface area contributed by atoms with Crippen LogP contribution in [0.5, 0.6) is 0 Å². The van der Waals surface area contributed by atoms with E-state index in [2.05, 4.69) is 15.0 Å². The largest absolute Gasteiger partial charge is 0.338 e. The van der Waals surface area contributed by atoms with Gasteiger partial charge in [0.25, 0.3) is 5.56 Å². The van der Waals surface area contributed by atoms with Gasteiger partial charge in [0, 0.05) is 56.2 Å². The first-order valence-corrected chi connectivity index (χ1v) is 14.7. The van der Waals surface area contributed by atoms with Gasteiger partial charge in [-0.2, -0.15) is 4.31 Å². The molecule has 1 aliphatic rings. The van der Waals surface area contributed by atoms with Crippen LogP contribution < -0.4 is 15.4 Å². The highest BCUT2D eigenvalue weighted by molar-refractivity contribution is 7.89. The Morgan fingerprint density at radius 2 is 1.74 bits per heavy atom. The maximum atomic E-state index is 13.8. The van der Waals surface area contributed by atoms with E-state index in [0.717, 1.165) is 28.2 Å². The summed E-state index contributed by atoms with van der Waals surface area (Å²) in [7, 11) is -2.33. The number of sulfonamides is 1. The van der Waals surface area contributed by atoms with E-state index in [0.29, 0.717) is 28.7 Å². The topological polar surface area (TPSA) is 122 Å². The molecule has 1 fully saturated rings. The monoisotopic (exact) mass is 567 g/mol. The molecule has 204 valence electrons. The van der Waals surface area contributed by atoms with E-state index < -0.39 is 15.6 Å². The molecule has 0 N–H and O–H groups in total. The van der Waals surface area contributed by atoms with E-state index in [-0.39, 0.29) is 35.8 Å². The quantitative estimate of drug-likeness (QED) is 0.348. The lowest BCUT2D eigenvalue weighted by Gasteiger charge is -2.33. The molecule has 3 aromatic heterocycles. The number of anilines is 2. The van der Waals surface area contributed by atoms with E-state index >= 15 is 0 Å². The number of carbonyl (C=O) groups excluding carboxylic acids is 1. The van der Waals surface area contributed by atoms with Crippen molar-refractivity contribution < 1.29 is 13.2 Å². The number of rotatable bonds is 6. The van der Waals surface area contributed by atoms with Gasteiger partial charge in [-0.3, -0.25) is 14.2 Å². The zero-order valence-corrected chi connectivity index (χ0v) is 23.8. The molecule has 5 rings (SSSR count). The van der Waals surface area contributed by atoms with Crippen LogP contribution in [0, 0.1) is 20.8 Å². The molecule has 11 nitrogen and oxygen atoms in total. The average molecular weight is 568 g/mol. The molecule has 39 heavy (non-hydrogen) atoms. The van der Waals surface area contributed by atoms with E-state index in [9.17, 15) is 18.0 Å². The van der Waals surface area contributed by atoms with Gasteiger partial charge in [0.15, 0.2) is 0 Å². The Balaban J connectivity index is 1.43. The highest BCUT2D eigenvalue weighted by Crippen LogP contribution is 2.33. The van der Waals surface area contributed by atoms with Gasteiger partial charge in [0.2, 0.25) is 21.9 Å². The number of likely N-dealkylation sites (N-methyl/N-ethyl adjacent to an activating group) is 1. The Morgan fingerprint density at radius 1 is 1.05 bits per heavy atom. The van der Waals surface area contributed by atoms with Gasteiger partial charge < -0.3 is 9.80 Å². The minimum Gasteiger partial charge on any atom is -0.338 e. The lowest BCUT2D eigenvalue weighted by Crippen LogP contribution is -2.49. The number of aromatic nitrogens is 4. The molecule has 4 aromatic rings. The second-order valence-corrected chi connectivity index (χ2v) is 12.6. The van der Waals surface area contributed by atoms with Gasteiger partial charge in [-0.15, -0.1) is 11.3 Å². The number of fused-ring (bicyclic) bond motifs is 1. The van der Waals surface area contributed by atoms with Crippen LogP contribution in [0.4, 0.5) is 11.6 Å². The number of thiophene rings is 1. The number of hydrogen-bond acceptors (Lipinski definition) is 9. The van der Waals surface area contributed by atoms with Crippen molar-refractivity contribution in [3.8, 4) is 0 Å². The van der Waals surface area contributed by atoms with Crippen molar-refractivity contribution in [3.63, 3.8) is 0 Å². The van der Waals surface area contributed by atoms with Crippen LogP contribution in [0.2, 0.25) is 0 Å². The first-order chi connectivity index (χ1) is 18.6. The molecule has 0 radical (unpaired) electrons. The lowest BCUT2D eigenvalue weighted by molar-refractivity contribution is -0.118. The molecule has 0 aliphatic carbocycles. The van der Waals surface area contributed by atoms with Crippen molar-refractivity contribution in [3.05, 3.63) is 69.3 Å². The molecule has 0 unspecified atom stereocenters. The minimum absolute atomic E-state index is 0.0241. The third-order valence-electron chi connectivity index (χ3n) is 6.88. The summed E-state index contributed by atoms with van der Waals surface area (Å²) in [6, 6.07) is 7.54. The highest BCUT2D eigenvalue weighted by Gasteiger charge is 2.34. The Bertz CT molecular complexity index is 1710. The molecule has 1 amide bonds. The summed E-state index contributed by atoms with van der Waals surface area (Å²) < 4.78 is 30.2. The summed E-state index contributed by atoms with van der Waals surface area (Å²) in [6.45, 7) is 6.57. The van der Waals surface area contributed by atoms with E-state index in [1.165, 1.54) is 20.1 Å². The van der Waals surface area contributed by atoms with Gasteiger partial charge in [-0.25, -0.2) is 23.4 Å². The lowest BCUT2D eigenvalue weighted by atomic mass is 10.1. The van der Waals surface area contributed by atoms with Crippen molar-refractivity contribution in [1.82, 2.24) is 23.8 Å². The van der Waals surface area contributed by atoms with Crippen molar-refractivity contribution in [2.24, 2.45) is 0 Å². The smallest absolute Gasteiger partial charge is 0.263 e. The summed E-state index contributed by atoms with van der Waals surface area (Å²) in [6.07, 6.45) is 4.61. The molecule has 1 aliphatic heterocycles. The molecular weight excluding hydrogens is 538 g/mol. The SMILES string of the molecule is Cc1ccc(C)c(N(C)C(=O)Cn2cnc3sc(C)c(S(=O)(=O)N4CCN(c5ncccn5)CC4)c3c2=O)c1. The summed E-state index contributed by atoms with van der Waals surface area (Å²) in [5.74, 6) is 0.233. The van der Waals surface area contributed by atoms with Gasteiger partial charge in [0.1, 0.15) is 16.3 Å². The van der Waals surface area contributed by atoms with Gasteiger partial charge in [0.05, 0.1) is 11.7 Å². The van der Waals surface area contributed by atoms with E-state index in [4.69, 9.17) is 0 Å². The van der Waals surface area contributed by atoms with Gasteiger partial charge in [-0.1, -0.05) is 12.1 Å². The normalized spacial score (nSPS) is 14.6. The van der Waals surface area contributed by atoms with Crippen molar-refractivity contribution in [2.75, 3.05) is 43.0 Å². The fourth-order valence-corrected chi connectivity index (χ4v) is 7.80. The van der Waals surface area contributed by atoms with Crippen molar-refractivity contribution in [2.45, 2.75) is 32.2 Å². The van der Waals surface area contributed by atoms with Crippen molar-refractivity contribution >= 4 is 49.1 Å². The number of piperazine rings is 1. The van der Waals surface area contributed by atoms with Crippen molar-refractivity contribution in [1.29, 1.82) is 0 Å². The van der Waals surface area contributed by atoms with Crippen LogP contribution in [0.1, 0.15) is 16.0 Å². The molecular formula is C26H29N7O4S2. The number of aryl methyl sites for hydroxylation is 3. The van der Waals surface area contributed by atoms with Gasteiger partial charge >= 0.3 is 0 Å². The molecule has 1 aromatic carbocycles. The van der Waals surface area contributed by atoms with Crippen LogP contribution in [-0.2, 0) is 21.4 Å². The third kappa shape index (κ3) is 5.04. The van der Waals surface area contributed by atoms with Gasteiger partial charge in [-0.05, 0) is 44.0 Å². The molecule has 13 heteroatoms. The molecule has 4 heterocycles. The third-order valence-corrected chi connectivity index (χ3v) is 10.1. The molecule has 0 bridgehead atoms. The fourth-order valence-electron chi connectivity index (χ4n) is 4.72. The van der Waals surface area contributed by atoms with E-state index in [1.807, 2.05) is 36.9 Å². The number of hydrogen-bond donors (Lipinski definition) is 0. The number of amides is 1. The zero-order valence-electron chi connectivity index (χ0n) is 22.2. The minimum atomic E-state index is -3.99. The fraction of sp³-hybridized carbons (Fsp3) is 0.346. The molecule has 0 saturated carbocycles.